The van der Waals surface area contributed by atoms with Gasteiger partial charge in [0.25, 0.3) is 0 Å². The third-order valence-corrected chi connectivity index (χ3v) is 1.90. The van der Waals surface area contributed by atoms with Crippen molar-refractivity contribution in [2.24, 2.45) is 7.05 Å². The zero-order valence-electron chi connectivity index (χ0n) is 7.61. The molecule has 1 N–H and O–H groups in total. The maximum atomic E-state index is 5.74. The first-order chi connectivity index (χ1) is 6.74. The molecule has 2 heterocycles. The highest BCUT2D eigenvalue weighted by Gasteiger charge is 1.98. The predicted molar refractivity (Wildman–Crippen MR) is 55.7 cm³/mol. The van der Waals surface area contributed by atoms with Crippen LogP contribution in [0.15, 0.2) is 30.6 Å². The molecule has 0 aliphatic carbocycles. The molecule has 0 spiro atoms. The van der Waals surface area contributed by atoms with Crippen molar-refractivity contribution in [2.75, 3.05) is 5.32 Å². The van der Waals surface area contributed by atoms with Crippen molar-refractivity contribution in [3.8, 4) is 0 Å². The van der Waals surface area contributed by atoms with E-state index in [2.05, 4.69) is 15.4 Å². The number of hydrogen-bond donors (Lipinski definition) is 1. The Balaban J connectivity index is 2.18. The fourth-order valence-electron chi connectivity index (χ4n) is 1.11. The molecular formula is C9H9ClN4. The Hall–Kier alpha value is -1.55. The van der Waals surface area contributed by atoms with Gasteiger partial charge in [0.05, 0.1) is 11.9 Å². The smallest absolute Gasteiger partial charge is 0.132 e. The van der Waals surface area contributed by atoms with Crippen LogP contribution >= 0.6 is 11.6 Å². The van der Waals surface area contributed by atoms with Crippen LogP contribution in [0.3, 0.4) is 0 Å². The minimum atomic E-state index is 0.471. The van der Waals surface area contributed by atoms with E-state index < -0.39 is 0 Å². The SMILES string of the molecule is Cn1cc(Nc2cccc(Cl)n2)cn1. The number of anilines is 2. The van der Waals surface area contributed by atoms with Crippen molar-refractivity contribution in [1.29, 1.82) is 0 Å². The molecule has 0 fully saturated rings. The fourth-order valence-corrected chi connectivity index (χ4v) is 1.28. The normalized spacial score (nSPS) is 10.1. The lowest BCUT2D eigenvalue weighted by Gasteiger charge is -2.01. The van der Waals surface area contributed by atoms with E-state index in [0.717, 1.165) is 5.69 Å². The van der Waals surface area contributed by atoms with Crippen molar-refractivity contribution >= 4 is 23.1 Å². The van der Waals surface area contributed by atoms with Crippen LogP contribution in [0.4, 0.5) is 11.5 Å². The van der Waals surface area contributed by atoms with E-state index in [4.69, 9.17) is 11.6 Å². The van der Waals surface area contributed by atoms with Crippen LogP contribution in [0.1, 0.15) is 0 Å². The Bertz CT molecular complexity index is 438. The average Bonchev–Trinajstić information content (AvgIpc) is 2.51. The lowest BCUT2D eigenvalue weighted by atomic mass is 10.4. The minimum absolute atomic E-state index is 0.471. The van der Waals surface area contributed by atoms with Crippen molar-refractivity contribution < 1.29 is 0 Å². The number of hydrogen-bond acceptors (Lipinski definition) is 3. The summed E-state index contributed by atoms with van der Waals surface area (Å²) in [5, 5.41) is 7.59. The summed E-state index contributed by atoms with van der Waals surface area (Å²) >= 11 is 5.74. The lowest BCUT2D eigenvalue weighted by Crippen LogP contribution is -1.91. The van der Waals surface area contributed by atoms with Crippen molar-refractivity contribution in [3.63, 3.8) is 0 Å². The fraction of sp³-hybridized carbons (Fsp3) is 0.111. The number of nitrogens with one attached hydrogen (secondary N) is 1. The van der Waals surface area contributed by atoms with Crippen molar-refractivity contribution in [3.05, 3.63) is 35.7 Å². The Labute approximate surface area is 86.5 Å². The average molecular weight is 209 g/mol. The first-order valence-corrected chi connectivity index (χ1v) is 4.50. The Kier molecular flexibility index (Phi) is 2.37. The molecule has 0 unspecified atom stereocenters. The van der Waals surface area contributed by atoms with Crippen molar-refractivity contribution in [2.45, 2.75) is 0 Å². The number of aromatic nitrogens is 3. The summed E-state index contributed by atoms with van der Waals surface area (Å²) in [5.41, 5.74) is 0.891. The van der Waals surface area contributed by atoms with E-state index >= 15 is 0 Å². The lowest BCUT2D eigenvalue weighted by molar-refractivity contribution is 0.768. The van der Waals surface area contributed by atoms with Gasteiger partial charge in [-0.2, -0.15) is 5.10 Å². The molecule has 0 saturated carbocycles. The molecule has 4 nitrogen and oxygen atoms in total. The van der Waals surface area contributed by atoms with Crippen LogP contribution in [-0.4, -0.2) is 14.8 Å². The number of nitrogens with zero attached hydrogens (tertiary/aromatic N) is 3. The van der Waals surface area contributed by atoms with Gasteiger partial charge in [-0.25, -0.2) is 4.98 Å². The molecule has 72 valence electrons. The van der Waals surface area contributed by atoms with Gasteiger partial charge in [0, 0.05) is 13.2 Å². The summed E-state index contributed by atoms with van der Waals surface area (Å²) in [5.74, 6) is 0.713. The van der Waals surface area contributed by atoms with Gasteiger partial charge in [-0.1, -0.05) is 17.7 Å². The van der Waals surface area contributed by atoms with E-state index in [0.29, 0.717) is 11.0 Å². The summed E-state index contributed by atoms with van der Waals surface area (Å²) in [6, 6.07) is 5.42. The quantitative estimate of drug-likeness (QED) is 0.770. The van der Waals surface area contributed by atoms with Gasteiger partial charge in [-0.3, -0.25) is 4.68 Å². The summed E-state index contributed by atoms with van der Waals surface area (Å²) in [4.78, 5) is 4.10. The first kappa shape index (κ1) is 9.02. The van der Waals surface area contributed by atoms with Gasteiger partial charge in [0.15, 0.2) is 0 Å². The molecule has 5 heteroatoms. The predicted octanol–water partition coefficient (Wildman–Crippen LogP) is 2.21. The number of rotatable bonds is 2. The zero-order valence-corrected chi connectivity index (χ0v) is 8.36. The second-order valence-corrected chi connectivity index (χ2v) is 3.26. The van der Waals surface area contributed by atoms with Gasteiger partial charge < -0.3 is 5.32 Å². The van der Waals surface area contributed by atoms with Crippen LogP contribution in [-0.2, 0) is 7.05 Å². The Morgan fingerprint density at radius 3 is 2.93 bits per heavy atom. The summed E-state index contributed by atoms with van der Waals surface area (Å²) in [6.45, 7) is 0. The van der Waals surface area contributed by atoms with E-state index in [9.17, 15) is 0 Å². The van der Waals surface area contributed by atoms with Crippen LogP contribution < -0.4 is 5.32 Å². The van der Waals surface area contributed by atoms with Gasteiger partial charge in [-0.05, 0) is 12.1 Å². The van der Waals surface area contributed by atoms with Crippen LogP contribution in [0.25, 0.3) is 0 Å². The number of aryl methyl sites for hydroxylation is 1. The molecule has 0 bridgehead atoms. The highest BCUT2D eigenvalue weighted by atomic mass is 35.5. The monoisotopic (exact) mass is 208 g/mol. The molecule has 0 amide bonds. The molecule has 0 aliphatic heterocycles. The third-order valence-electron chi connectivity index (χ3n) is 1.69. The number of pyridine rings is 1. The molecule has 2 aromatic heterocycles. The highest BCUT2D eigenvalue weighted by Crippen LogP contribution is 2.14. The summed E-state index contributed by atoms with van der Waals surface area (Å²) in [7, 11) is 1.86. The van der Waals surface area contributed by atoms with E-state index in [1.807, 2.05) is 25.4 Å². The van der Waals surface area contributed by atoms with E-state index in [-0.39, 0.29) is 0 Å². The maximum absolute atomic E-state index is 5.74. The largest absolute Gasteiger partial charge is 0.338 e. The molecule has 14 heavy (non-hydrogen) atoms. The molecule has 0 aromatic carbocycles. The summed E-state index contributed by atoms with van der Waals surface area (Å²) in [6.07, 6.45) is 3.59. The summed E-state index contributed by atoms with van der Waals surface area (Å²) < 4.78 is 1.72. The number of halogens is 1. The van der Waals surface area contributed by atoms with Gasteiger partial charge in [0.1, 0.15) is 11.0 Å². The Morgan fingerprint density at radius 2 is 2.29 bits per heavy atom. The van der Waals surface area contributed by atoms with Crippen LogP contribution in [0.5, 0.6) is 0 Å². The topological polar surface area (TPSA) is 42.7 Å². The molecule has 2 rings (SSSR count). The molecule has 0 atom stereocenters. The molecule has 0 saturated heterocycles. The van der Waals surface area contributed by atoms with E-state index in [1.54, 1.807) is 16.9 Å². The van der Waals surface area contributed by atoms with Gasteiger partial charge >= 0.3 is 0 Å². The standard InChI is InChI=1S/C9H9ClN4/c1-14-6-7(5-11-14)12-9-4-2-3-8(10)13-9/h2-6H,1H3,(H,12,13). The van der Waals surface area contributed by atoms with Gasteiger partial charge in [-0.15, -0.1) is 0 Å². The third kappa shape index (κ3) is 2.03. The maximum Gasteiger partial charge on any atom is 0.132 e. The zero-order chi connectivity index (χ0) is 9.97. The molecule has 0 aliphatic rings. The molecule has 2 aromatic rings. The van der Waals surface area contributed by atoms with Crippen LogP contribution in [0, 0.1) is 0 Å². The van der Waals surface area contributed by atoms with Gasteiger partial charge in [0.2, 0.25) is 0 Å². The second kappa shape index (κ2) is 3.67. The van der Waals surface area contributed by atoms with E-state index in [1.165, 1.54) is 0 Å². The molecular weight excluding hydrogens is 200 g/mol. The second-order valence-electron chi connectivity index (χ2n) is 2.87. The Morgan fingerprint density at radius 1 is 1.43 bits per heavy atom. The highest BCUT2D eigenvalue weighted by molar-refractivity contribution is 6.29. The minimum Gasteiger partial charge on any atom is -0.338 e. The first-order valence-electron chi connectivity index (χ1n) is 4.12. The van der Waals surface area contributed by atoms with Crippen LogP contribution in [0.2, 0.25) is 5.15 Å². The van der Waals surface area contributed by atoms with Crippen molar-refractivity contribution in [1.82, 2.24) is 14.8 Å². The molecule has 0 radical (unpaired) electrons.